The highest BCUT2D eigenvalue weighted by Gasteiger charge is 2.18. The molecule has 2 aromatic carbocycles. The van der Waals surface area contributed by atoms with E-state index in [1.54, 1.807) is 4.57 Å². The van der Waals surface area contributed by atoms with E-state index in [1.165, 1.54) is 16.9 Å². The molecule has 1 N–H and O–H groups in total. The fourth-order valence-electron chi connectivity index (χ4n) is 3.33. The molecule has 0 amide bonds. The number of thiazole rings is 1. The van der Waals surface area contributed by atoms with Crippen LogP contribution in [-0.4, -0.2) is 30.0 Å². The van der Waals surface area contributed by atoms with Gasteiger partial charge in [0.05, 0.1) is 16.3 Å². The Hall–Kier alpha value is -2.70. The quantitative estimate of drug-likeness (QED) is 0.551. The second-order valence-corrected chi connectivity index (χ2v) is 8.50. The van der Waals surface area contributed by atoms with Gasteiger partial charge in [0.15, 0.2) is 3.95 Å². The van der Waals surface area contributed by atoms with Crippen molar-refractivity contribution < 1.29 is 5.11 Å². The zero-order valence-corrected chi connectivity index (χ0v) is 17.6. The standard InChI is InChI=1S/C22H21N3OS2/c1-4-14-6-5-7-18-15(13-23-20(14)18)12-19-21(26)25(22(27)28-19)17-10-8-16(9-11-17)24(2)3/h5-13,26H,4H2,1-3H3. The van der Waals surface area contributed by atoms with Gasteiger partial charge in [-0.15, -0.1) is 11.3 Å². The summed E-state index contributed by atoms with van der Waals surface area (Å²) in [5.74, 6) is 0.161. The highest BCUT2D eigenvalue weighted by molar-refractivity contribution is 7.73. The second kappa shape index (κ2) is 7.37. The SMILES string of the molecule is CCc1cccc2c1N=CC2=Cc1sc(=S)n(-c2ccc(N(C)C)cc2)c1O. The fourth-order valence-corrected chi connectivity index (χ4v) is 4.63. The van der Waals surface area contributed by atoms with Crippen molar-refractivity contribution in [2.24, 2.45) is 4.99 Å². The van der Waals surface area contributed by atoms with E-state index in [2.05, 4.69) is 30.1 Å². The number of benzene rings is 2. The van der Waals surface area contributed by atoms with Gasteiger partial charge >= 0.3 is 0 Å². The van der Waals surface area contributed by atoms with Crippen LogP contribution >= 0.6 is 23.6 Å². The minimum atomic E-state index is 0.161. The van der Waals surface area contributed by atoms with Crippen LogP contribution in [0.1, 0.15) is 22.9 Å². The fraction of sp³-hybridized carbons (Fsp3) is 0.182. The highest BCUT2D eigenvalue weighted by atomic mass is 32.1. The minimum Gasteiger partial charge on any atom is -0.493 e. The maximum absolute atomic E-state index is 10.9. The molecule has 2 heterocycles. The maximum atomic E-state index is 10.9. The van der Waals surface area contributed by atoms with Gasteiger partial charge in [-0.1, -0.05) is 25.1 Å². The minimum absolute atomic E-state index is 0.161. The average Bonchev–Trinajstić information content (AvgIpc) is 3.22. The second-order valence-electron chi connectivity index (χ2n) is 6.83. The van der Waals surface area contributed by atoms with Crippen LogP contribution in [0.5, 0.6) is 5.88 Å². The molecule has 28 heavy (non-hydrogen) atoms. The van der Waals surface area contributed by atoms with E-state index < -0.39 is 0 Å². The van der Waals surface area contributed by atoms with Gasteiger partial charge in [0, 0.05) is 37.1 Å². The summed E-state index contributed by atoms with van der Waals surface area (Å²) in [6.07, 6.45) is 4.77. The van der Waals surface area contributed by atoms with Crippen LogP contribution < -0.4 is 4.90 Å². The smallest absolute Gasteiger partial charge is 0.215 e. The summed E-state index contributed by atoms with van der Waals surface area (Å²) < 4.78 is 2.32. The van der Waals surface area contributed by atoms with Crippen molar-refractivity contribution in [2.75, 3.05) is 19.0 Å². The number of hydrogen-bond donors (Lipinski definition) is 1. The van der Waals surface area contributed by atoms with Gasteiger partial charge in [-0.3, -0.25) is 9.56 Å². The zero-order chi connectivity index (χ0) is 19.8. The first-order valence-corrected chi connectivity index (χ1v) is 10.3. The third kappa shape index (κ3) is 3.19. The lowest BCUT2D eigenvalue weighted by Crippen LogP contribution is -2.08. The monoisotopic (exact) mass is 407 g/mol. The Morgan fingerprint density at radius 2 is 1.93 bits per heavy atom. The summed E-state index contributed by atoms with van der Waals surface area (Å²) in [6, 6.07) is 14.2. The van der Waals surface area contributed by atoms with Crippen LogP contribution in [0.25, 0.3) is 17.3 Å². The molecule has 3 aromatic rings. The largest absolute Gasteiger partial charge is 0.493 e. The molecular formula is C22H21N3OS2. The van der Waals surface area contributed by atoms with Gasteiger partial charge in [0.25, 0.3) is 0 Å². The van der Waals surface area contributed by atoms with Crippen molar-refractivity contribution in [3.8, 4) is 11.6 Å². The number of anilines is 1. The Morgan fingerprint density at radius 3 is 2.61 bits per heavy atom. The van der Waals surface area contributed by atoms with Gasteiger partial charge in [-0.2, -0.15) is 0 Å². The first kappa shape index (κ1) is 18.7. The van der Waals surface area contributed by atoms with Gasteiger partial charge in [0.2, 0.25) is 5.88 Å². The summed E-state index contributed by atoms with van der Waals surface area (Å²) >= 11 is 6.93. The summed E-state index contributed by atoms with van der Waals surface area (Å²) in [5, 5.41) is 10.9. The maximum Gasteiger partial charge on any atom is 0.215 e. The first-order chi connectivity index (χ1) is 13.5. The summed E-state index contributed by atoms with van der Waals surface area (Å²) in [7, 11) is 4.00. The van der Waals surface area contributed by atoms with Gasteiger partial charge in [-0.25, -0.2) is 0 Å². The van der Waals surface area contributed by atoms with Crippen molar-refractivity contribution in [2.45, 2.75) is 13.3 Å². The average molecular weight is 408 g/mol. The molecule has 1 aliphatic heterocycles. The van der Waals surface area contributed by atoms with Crippen LogP contribution in [0.3, 0.4) is 0 Å². The molecule has 0 atom stereocenters. The number of aromatic hydroxyl groups is 1. The number of allylic oxidation sites excluding steroid dienone is 1. The Labute approximate surface area is 173 Å². The van der Waals surface area contributed by atoms with Crippen molar-refractivity contribution >= 4 is 52.8 Å². The molecule has 6 heteroatoms. The molecule has 0 aliphatic carbocycles. The Bertz CT molecular complexity index is 1150. The summed E-state index contributed by atoms with van der Waals surface area (Å²) in [4.78, 5) is 7.35. The number of fused-ring (bicyclic) bond motifs is 1. The molecule has 0 spiro atoms. The molecule has 0 saturated heterocycles. The molecule has 0 radical (unpaired) electrons. The van der Waals surface area contributed by atoms with E-state index in [9.17, 15) is 5.11 Å². The predicted octanol–water partition coefficient (Wildman–Crippen LogP) is 5.86. The number of para-hydroxylation sites is 1. The molecule has 1 aliphatic rings. The van der Waals surface area contributed by atoms with Crippen LogP contribution in [0.2, 0.25) is 0 Å². The lowest BCUT2D eigenvalue weighted by Gasteiger charge is -2.13. The lowest BCUT2D eigenvalue weighted by molar-refractivity contribution is 0.441. The Balaban J connectivity index is 1.75. The van der Waals surface area contributed by atoms with E-state index in [0.717, 1.165) is 39.5 Å². The van der Waals surface area contributed by atoms with E-state index >= 15 is 0 Å². The zero-order valence-electron chi connectivity index (χ0n) is 16.0. The molecule has 0 saturated carbocycles. The van der Waals surface area contributed by atoms with Crippen molar-refractivity contribution in [3.05, 3.63) is 62.4 Å². The molecule has 4 rings (SSSR count). The predicted molar refractivity (Wildman–Crippen MR) is 122 cm³/mol. The molecule has 1 aromatic heterocycles. The number of nitrogens with zero attached hydrogens (tertiary/aromatic N) is 3. The molecule has 4 nitrogen and oxygen atoms in total. The topological polar surface area (TPSA) is 40.8 Å². The van der Waals surface area contributed by atoms with Crippen LogP contribution in [0.15, 0.2) is 47.5 Å². The Morgan fingerprint density at radius 1 is 1.18 bits per heavy atom. The van der Waals surface area contributed by atoms with Gasteiger partial charge < -0.3 is 10.0 Å². The number of hydrogen-bond acceptors (Lipinski definition) is 5. The van der Waals surface area contributed by atoms with Gasteiger partial charge in [0.1, 0.15) is 0 Å². The van der Waals surface area contributed by atoms with Crippen molar-refractivity contribution in [3.63, 3.8) is 0 Å². The third-order valence-electron chi connectivity index (χ3n) is 4.87. The summed E-state index contributed by atoms with van der Waals surface area (Å²) in [5.41, 5.74) is 6.29. The highest BCUT2D eigenvalue weighted by Crippen LogP contribution is 2.38. The number of aromatic nitrogens is 1. The van der Waals surface area contributed by atoms with Crippen LogP contribution in [0, 0.1) is 3.95 Å². The van der Waals surface area contributed by atoms with E-state index in [4.69, 9.17) is 12.2 Å². The molecule has 142 valence electrons. The number of rotatable bonds is 4. The lowest BCUT2D eigenvalue weighted by atomic mass is 10.0. The summed E-state index contributed by atoms with van der Waals surface area (Å²) in [6.45, 7) is 2.13. The van der Waals surface area contributed by atoms with Crippen LogP contribution in [0.4, 0.5) is 11.4 Å². The normalized spacial score (nSPS) is 13.9. The molecule has 0 fully saturated rings. The van der Waals surface area contributed by atoms with Crippen LogP contribution in [-0.2, 0) is 6.42 Å². The van der Waals surface area contributed by atoms with Crippen molar-refractivity contribution in [1.82, 2.24) is 4.57 Å². The van der Waals surface area contributed by atoms with E-state index in [1.807, 2.05) is 55.6 Å². The van der Waals surface area contributed by atoms with E-state index in [0.29, 0.717) is 3.95 Å². The number of aliphatic imine (C=N–C) groups is 1. The van der Waals surface area contributed by atoms with Gasteiger partial charge in [-0.05, 0) is 54.5 Å². The first-order valence-electron chi connectivity index (χ1n) is 9.10. The molecular weight excluding hydrogens is 386 g/mol. The van der Waals surface area contributed by atoms with Crippen molar-refractivity contribution in [1.29, 1.82) is 0 Å². The number of aryl methyl sites for hydroxylation is 1. The molecule has 0 bridgehead atoms. The molecule has 0 unspecified atom stereocenters. The van der Waals surface area contributed by atoms with E-state index in [-0.39, 0.29) is 5.88 Å². The Kier molecular flexibility index (Phi) is 4.91. The third-order valence-corrected chi connectivity index (χ3v) is 6.18.